The Balaban J connectivity index is 1.44. The van der Waals surface area contributed by atoms with Gasteiger partial charge >= 0.3 is 0 Å². The molecule has 1 N–H and O–H groups in total. The van der Waals surface area contributed by atoms with Gasteiger partial charge in [0.15, 0.2) is 0 Å². The molecule has 1 aromatic rings. The summed E-state index contributed by atoms with van der Waals surface area (Å²) in [7, 11) is 0. The van der Waals surface area contributed by atoms with Crippen molar-refractivity contribution in [3.63, 3.8) is 0 Å². The van der Waals surface area contributed by atoms with Crippen molar-refractivity contribution >= 4 is 0 Å². The zero-order valence-corrected chi connectivity index (χ0v) is 12.9. The van der Waals surface area contributed by atoms with Gasteiger partial charge in [-0.05, 0) is 62.1 Å². The molecule has 3 rings (SSSR count). The van der Waals surface area contributed by atoms with Crippen LogP contribution >= 0.6 is 0 Å². The summed E-state index contributed by atoms with van der Waals surface area (Å²) < 4.78 is 0. The lowest BCUT2D eigenvalue weighted by atomic mass is 9.69. The largest absolute Gasteiger partial charge is 0.314 e. The fourth-order valence-corrected chi connectivity index (χ4v) is 4.36. The van der Waals surface area contributed by atoms with Crippen LogP contribution in [0.5, 0.6) is 0 Å². The first-order valence-electron chi connectivity index (χ1n) is 8.61. The van der Waals surface area contributed by atoms with Gasteiger partial charge in [-0.25, -0.2) is 0 Å². The summed E-state index contributed by atoms with van der Waals surface area (Å²) in [6.45, 7) is 3.37. The number of fused-ring (bicyclic) bond motifs is 1. The Morgan fingerprint density at radius 2 is 1.80 bits per heavy atom. The third-order valence-electron chi connectivity index (χ3n) is 5.63. The van der Waals surface area contributed by atoms with Crippen molar-refractivity contribution in [1.29, 1.82) is 0 Å². The Morgan fingerprint density at radius 1 is 1.00 bits per heavy atom. The van der Waals surface area contributed by atoms with E-state index in [1.165, 1.54) is 62.5 Å². The minimum atomic E-state index is 0.790. The number of rotatable bonds is 4. The molecule has 0 amide bonds. The summed E-state index contributed by atoms with van der Waals surface area (Å²) in [6, 6.07) is 9.59. The number of benzene rings is 1. The molecule has 0 aliphatic heterocycles. The van der Waals surface area contributed by atoms with E-state index in [2.05, 4.69) is 36.5 Å². The monoisotopic (exact) mass is 271 g/mol. The van der Waals surface area contributed by atoms with Crippen molar-refractivity contribution in [3.05, 3.63) is 35.4 Å². The molecule has 3 unspecified atom stereocenters. The van der Waals surface area contributed by atoms with Crippen molar-refractivity contribution < 1.29 is 0 Å². The molecule has 1 nitrogen and oxygen atoms in total. The first-order valence-corrected chi connectivity index (χ1v) is 8.61. The zero-order chi connectivity index (χ0) is 13.8. The second-order valence-electron chi connectivity index (χ2n) is 6.95. The third kappa shape index (κ3) is 3.44. The van der Waals surface area contributed by atoms with Gasteiger partial charge in [-0.3, -0.25) is 0 Å². The summed E-state index contributed by atoms with van der Waals surface area (Å²) in [5.41, 5.74) is 2.94. The summed E-state index contributed by atoms with van der Waals surface area (Å²) in [5.74, 6) is 2.10. The molecule has 0 spiro atoms. The predicted octanol–water partition coefficient (Wildman–Crippen LogP) is 4.49. The molecule has 1 heteroatoms. The molecule has 2 saturated carbocycles. The fraction of sp³-hybridized carbons (Fsp3) is 0.684. The van der Waals surface area contributed by atoms with Crippen LogP contribution < -0.4 is 5.32 Å². The highest BCUT2D eigenvalue weighted by Crippen LogP contribution is 2.40. The van der Waals surface area contributed by atoms with E-state index >= 15 is 0 Å². The van der Waals surface area contributed by atoms with Crippen LogP contribution in [0.25, 0.3) is 0 Å². The molecule has 2 aliphatic carbocycles. The SMILES string of the molecule is Cc1ccccc1CCNC1CCC2CCCCC2C1. The molecular weight excluding hydrogens is 242 g/mol. The van der Waals surface area contributed by atoms with E-state index in [-0.39, 0.29) is 0 Å². The smallest absolute Gasteiger partial charge is 0.00700 e. The third-order valence-corrected chi connectivity index (χ3v) is 5.63. The van der Waals surface area contributed by atoms with Gasteiger partial charge in [0.2, 0.25) is 0 Å². The van der Waals surface area contributed by atoms with Crippen molar-refractivity contribution in [2.45, 2.75) is 64.3 Å². The number of aryl methyl sites for hydroxylation is 1. The van der Waals surface area contributed by atoms with E-state index in [0.717, 1.165) is 24.4 Å². The average molecular weight is 271 g/mol. The van der Waals surface area contributed by atoms with E-state index in [1.807, 2.05) is 0 Å². The summed E-state index contributed by atoms with van der Waals surface area (Å²) >= 11 is 0. The van der Waals surface area contributed by atoms with E-state index in [0.29, 0.717) is 0 Å². The highest BCUT2D eigenvalue weighted by molar-refractivity contribution is 5.25. The van der Waals surface area contributed by atoms with Crippen molar-refractivity contribution in [1.82, 2.24) is 5.32 Å². The van der Waals surface area contributed by atoms with Gasteiger partial charge in [0, 0.05) is 6.04 Å². The highest BCUT2D eigenvalue weighted by atomic mass is 14.9. The maximum atomic E-state index is 3.83. The fourth-order valence-electron chi connectivity index (χ4n) is 4.36. The molecular formula is C19H29N. The Kier molecular flexibility index (Phi) is 4.77. The number of hydrogen-bond acceptors (Lipinski definition) is 1. The summed E-state index contributed by atoms with van der Waals surface area (Å²) in [6.07, 6.45) is 11.5. The minimum absolute atomic E-state index is 0.790. The average Bonchev–Trinajstić information content (AvgIpc) is 2.49. The van der Waals surface area contributed by atoms with Crippen LogP contribution in [0.2, 0.25) is 0 Å². The normalized spacial score (nSPS) is 29.9. The summed E-state index contributed by atoms with van der Waals surface area (Å²) in [5, 5.41) is 3.83. The Hall–Kier alpha value is -0.820. The molecule has 0 radical (unpaired) electrons. The van der Waals surface area contributed by atoms with Crippen molar-refractivity contribution in [3.8, 4) is 0 Å². The summed E-state index contributed by atoms with van der Waals surface area (Å²) in [4.78, 5) is 0. The zero-order valence-electron chi connectivity index (χ0n) is 12.9. The molecule has 110 valence electrons. The van der Waals surface area contributed by atoms with Crippen LogP contribution in [-0.4, -0.2) is 12.6 Å². The Bertz CT molecular complexity index is 426. The molecule has 2 fully saturated rings. The number of nitrogens with one attached hydrogen (secondary N) is 1. The maximum absolute atomic E-state index is 3.83. The lowest BCUT2D eigenvalue weighted by molar-refractivity contribution is 0.144. The number of hydrogen-bond donors (Lipinski definition) is 1. The quantitative estimate of drug-likeness (QED) is 0.851. The molecule has 0 bridgehead atoms. The molecule has 0 heterocycles. The standard InChI is InChI=1S/C19H29N/c1-15-6-2-3-7-16(15)12-13-20-19-11-10-17-8-4-5-9-18(17)14-19/h2-3,6-7,17-20H,4-5,8-14H2,1H3. The topological polar surface area (TPSA) is 12.0 Å². The lowest BCUT2D eigenvalue weighted by Gasteiger charge is -2.39. The van der Waals surface area contributed by atoms with Gasteiger partial charge in [0.05, 0.1) is 0 Å². The van der Waals surface area contributed by atoms with Gasteiger partial charge in [-0.15, -0.1) is 0 Å². The van der Waals surface area contributed by atoms with Crippen LogP contribution in [0.15, 0.2) is 24.3 Å². The highest BCUT2D eigenvalue weighted by Gasteiger charge is 2.31. The molecule has 3 atom stereocenters. The van der Waals surface area contributed by atoms with E-state index in [9.17, 15) is 0 Å². The van der Waals surface area contributed by atoms with Crippen LogP contribution in [-0.2, 0) is 6.42 Å². The van der Waals surface area contributed by atoms with Crippen LogP contribution in [0.3, 0.4) is 0 Å². The van der Waals surface area contributed by atoms with E-state index in [1.54, 1.807) is 0 Å². The lowest BCUT2D eigenvalue weighted by Crippen LogP contribution is -2.39. The Morgan fingerprint density at radius 3 is 2.65 bits per heavy atom. The maximum Gasteiger partial charge on any atom is 0.00700 e. The second kappa shape index (κ2) is 6.76. The van der Waals surface area contributed by atoms with Crippen LogP contribution in [0, 0.1) is 18.8 Å². The Labute approximate surface area is 124 Å². The molecule has 0 aromatic heterocycles. The minimum Gasteiger partial charge on any atom is -0.314 e. The molecule has 20 heavy (non-hydrogen) atoms. The molecule has 1 aromatic carbocycles. The molecule has 0 saturated heterocycles. The van der Waals surface area contributed by atoms with E-state index in [4.69, 9.17) is 0 Å². The second-order valence-corrected chi connectivity index (χ2v) is 6.95. The van der Waals surface area contributed by atoms with Gasteiger partial charge in [-0.2, -0.15) is 0 Å². The van der Waals surface area contributed by atoms with Gasteiger partial charge in [-0.1, -0.05) is 49.9 Å². The predicted molar refractivity (Wildman–Crippen MR) is 86.0 cm³/mol. The first kappa shape index (κ1) is 14.1. The van der Waals surface area contributed by atoms with Crippen molar-refractivity contribution in [2.75, 3.05) is 6.54 Å². The van der Waals surface area contributed by atoms with Crippen LogP contribution in [0.4, 0.5) is 0 Å². The van der Waals surface area contributed by atoms with Gasteiger partial charge in [0.25, 0.3) is 0 Å². The van der Waals surface area contributed by atoms with Gasteiger partial charge in [0.1, 0.15) is 0 Å². The van der Waals surface area contributed by atoms with E-state index < -0.39 is 0 Å². The van der Waals surface area contributed by atoms with Gasteiger partial charge < -0.3 is 5.32 Å². The first-order chi connectivity index (χ1) is 9.83. The van der Waals surface area contributed by atoms with Crippen LogP contribution in [0.1, 0.15) is 56.1 Å². The molecule has 2 aliphatic rings. The van der Waals surface area contributed by atoms with Crippen molar-refractivity contribution in [2.24, 2.45) is 11.8 Å².